The van der Waals surface area contributed by atoms with Crippen molar-refractivity contribution in [2.45, 2.75) is 31.5 Å². The van der Waals surface area contributed by atoms with Gasteiger partial charge < -0.3 is 15.4 Å². The van der Waals surface area contributed by atoms with Crippen molar-refractivity contribution in [2.24, 2.45) is 0 Å². The first-order valence-corrected chi connectivity index (χ1v) is 9.06. The molecule has 1 aliphatic heterocycles. The predicted octanol–water partition coefficient (Wildman–Crippen LogP) is 3.28. The van der Waals surface area contributed by atoms with Crippen molar-refractivity contribution >= 4 is 22.6 Å². The van der Waals surface area contributed by atoms with Gasteiger partial charge in [0.15, 0.2) is 0 Å². The summed E-state index contributed by atoms with van der Waals surface area (Å²) in [6, 6.07) is 13.6. The summed E-state index contributed by atoms with van der Waals surface area (Å²) in [5.74, 6) is 0.706. The second-order valence-corrected chi connectivity index (χ2v) is 7.04. The summed E-state index contributed by atoms with van der Waals surface area (Å²) in [4.78, 5) is 4.35. The van der Waals surface area contributed by atoms with E-state index in [-0.39, 0.29) is 0 Å². The highest BCUT2D eigenvalue weighted by molar-refractivity contribution is 14.1. The Bertz CT molecular complexity index is 635. The maximum Gasteiger partial charge on any atom is 0.217 e. The van der Waals surface area contributed by atoms with Crippen molar-refractivity contribution in [2.75, 3.05) is 13.7 Å². The number of nitrogens with zero attached hydrogens (tertiary/aromatic N) is 1. The third kappa shape index (κ3) is 4.22. The van der Waals surface area contributed by atoms with E-state index in [1.54, 1.807) is 7.11 Å². The van der Waals surface area contributed by atoms with Gasteiger partial charge in [0.25, 0.3) is 0 Å². The lowest BCUT2D eigenvalue weighted by atomic mass is 9.92. The molecule has 2 N–H and O–H groups in total. The maximum absolute atomic E-state index is 5.38. The minimum absolute atomic E-state index is 0.353. The van der Waals surface area contributed by atoms with Crippen LogP contribution < -0.4 is 15.4 Å². The van der Waals surface area contributed by atoms with E-state index in [2.05, 4.69) is 74.6 Å². The molecule has 23 heavy (non-hydrogen) atoms. The standard InChI is InChI=1S/C18H22IN3O/c1-23-18-14(10-15(19)12-22-18)11-21-16-8-5-9-20-17(16)13-6-3-2-4-7-13/h2-4,6-7,10,12,16-17,20-21H,5,8-9,11H2,1H3/i19-2. The Balaban J connectivity index is 1.72. The quantitative estimate of drug-likeness (QED) is 0.728. The average molecular weight is 421 g/mol. The van der Waals surface area contributed by atoms with E-state index in [1.807, 2.05) is 6.20 Å². The van der Waals surface area contributed by atoms with Crippen LogP contribution in [0.3, 0.4) is 0 Å². The molecule has 1 aromatic heterocycles. The maximum atomic E-state index is 5.38. The third-order valence-electron chi connectivity index (χ3n) is 4.26. The highest BCUT2D eigenvalue weighted by Crippen LogP contribution is 2.25. The van der Waals surface area contributed by atoms with Crippen LogP contribution in [-0.2, 0) is 6.54 Å². The summed E-state index contributed by atoms with van der Waals surface area (Å²) in [7, 11) is 1.67. The fraction of sp³-hybridized carbons (Fsp3) is 0.389. The van der Waals surface area contributed by atoms with E-state index in [9.17, 15) is 0 Å². The molecule has 1 fully saturated rings. The van der Waals surface area contributed by atoms with Gasteiger partial charge in [-0.2, -0.15) is 0 Å². The molecule has 2 heterocycles. The Morgan fingerprint density at radius 3 is 2.96 bits per heavy atom. The van der Waals surface area contributed by atoms with Crippen LogP contribution in [0.4, 0.5) is 0 Å². The molecule has 2 aromatic rings. The van der Waals surface area contributed by atoms with Gasteiger partial charge >= 0.3 is 0 Å². The summed E-state index contributed by atoms with van der Waals surface area (Å²) in [6.07, 6.45) is 4.20. The summed E-state index contributed by atoms with van der Waals surface area (Å²) in [5.41, 5.74) is 2.45. The smallest absolute Gasteiger partial charge is 0.217 e. The molecule has 1 aromatic carbocycles. The fourth-order valence-electron chi connectivity index (χ4n) is 3.14. The van der Waals surface area contributed by atoms with Crippen molar-refractivity contribution in [3.63, 3.8) is 0 Å². The number of hydrogen-bond acceptors (Lipinski definition) is 4. The van der Waals surface area contributed by atoms with Gasteiger partial charge in [-0.3, -0.25) is 0 Å². The van der Waals surface area contributed by atoms with Crippen molar-refractivity contribution in [1.29, 1.82) is 0 Å². The Labute approximate surface area is 151 Å². The molecule has 0 radical (unpaired) electrons. The van der Waals surface area contributed by atoms with Gasteiger partial charge in [0.05, 0.1) is 7.11 Å². The number of benzene rings is 1. The van der Waals surface area contributed by atoms with E-state index < -0.39 is 0 Å². The second-order valence-electron chi connectivity index (χ2n) is 5.79. The number of ether oxygens (including phenoxy) is 1. The number of methoxy groups -OCH3 is 1. The topological polar surface area (TPSA) is 46.2 Å². The van der Waals surface area contributed by atoms with Crippen molar-refractivity contribution in [3.05, 3.63) is 57.3 Å². The first-order chi connectivity index (χ1) is 11.3. The Morgan fingerprint density at radius 2 is 2.17 bits per heavy atom. The van der Waals surface area contributed by atoms with Gasteiger partial charge in [0.1, 0.15) is 0 Å². The van der Waals surface area contributed by atoms with E-state index in [0.717, 1.165) is 22.2 Å². The minimum atomic E-state index is 0.353. The van der Waals surface area contributed by atoms with Crippen LogP contribution in [0.15, 0.2) is 42.6 Å². The zero-order chi connectivity index (χ0) is 16.1. The molecule has 2 unspecified atom stereocenters. The number of rotatable bonds is 5. The highest BCUT2D eigenvalue weighted by atomic mass is 125. The zero-order valence-corrected chi connectivity index (χ0v) is 15.4. The normalized spacial score (nSPS) is 21.1. The Hall–Kier alpha value is -1.18. The molecule has 4 nitrogen and oxygen atoms in total. The minimum Gasteiger partial charge on any atom is -0.481 e. The Kier molecular flexibility index (Phi) is 5.85. The van der Waals surface area contributed by atoms with Crippen LogP contribution in [0.25, 0.3) is 0 Å². The lowest BCUT2D eigenvalue weighted by Gasteiger charge is -2.34. The third-order valence-corrected chi connectivity index (χ3v) is 4.85. The molecule has 3 rings (SSSR count). The molecule has 122 valence electrons. The number of pyridine rings is 1. The molecule has 1 saturated heterocycles. The molecule has 1 aliphatic rings. The molecule has 5 heteroatoms. The van der Waals surface area contributed by atoms with Gasteiger partial charge in [0.2, 0.25) is 5.88 Å². The van der Waals surface area contributed by atoms with E-state index in [1.165, 1.54) is 18.4 Å². The SMILES string of the molecule is COc1ncc([125I])cc1CNC1CCCNC1c1ccccc1. The predicted molar refractivity (Wildman–Crippen MR) is 101 cm³/mol. The molecular weight excluding hydrogens is 399 g/mol. The van der Waals surface area contributed by atoms with E-state index >= 15 is 0 Å². The monoisotopic (exact) mass is 421 g/mol. The molecule has 0 amide bonds. The van der Waals surface area contributed by atoms with Gasteiger partial charge in [-0.25, -0.2) is 4.98 Å². The second kappa shape index (κ2) is 8.08. The average Bonchev–Trinajstić information content (AvgIpc) is 2.61. The lowest BCUT2D eigenvalue weighted by molar-refractivity contribution is 0.302. The highest BCUT2D eigenvalue weighted by Gasteiger charge is 2.25. The zero-order valence-electron chi connectivity index (χ0n) is 13.3. The van der Waals surface area contributed by atoms with Gasteiger partial charge in [-0.05, 0) is 53.6 Å². The van der Waals surface area contributed by atoms with Crippen LogP contribution in [-0.4, -0.2) is 24.7 Å². The summed E-state index contributed by atoms with van der Waals surface area (Å²) < 4.78 is 6.51. The van der Waals surface area contributed by atoms with Crippen LogP contribution in [0.2, 0.25) is 0 Å². The first kappa shape index (κ1) is 16.7. The number of halogens is 1. The van der Waals surface area contributed by atoms with Crippen molar-refractivity contribution in [3.8, 4) is 5.88 Å². The Morgan fingerprint density at radius 1 is 1.35 bits per heavy atom. The molecule has 0 bridgehead atoms. The summed E-state index contributed by atoms with van der Waals surface area (Å²) in [5, 5.41) is 7.35. The van der Waals surface area contributed by atoms with Gasteiger partial charge in [0, 0.05) is 34.0 Å². The summed E-state index contributed by atoms with van der Waals surface area (Å²) in [6.45, 7) is 1.84. The first-order valence-electron chi connectivity index (χ1n) is 7.98. The number of nitrogens with one attached hydrogen (secondary N) is 2. The molecule has 0 saturated carbocycles. The van der Waals surface area contributed by atoms with E-state index in [0.29, 0.717) is 18.0 Å². The van der Waals surface area contributed by atoms with E-state index in [4.69, 9.17) is 4.74 Å². The molecule has 0 aliphatic carbocycles. The van der Waals surface area contributed by atoms with Crippen molar-refractivity contribution in [1.82, 2.24) is 15.6 Å². The summed E-state index contributed by atoms with van der Waals surface area (Å²) >= 11 is 2.29. The van der Waals surface area contributed by atoms with Crippen LogP contribution in [0, 0.1) is 3.57 Å². The fourth-order valence-corrected chi connectivity index (χ4v) is 3.65. The van der Waals surface area contributed by atoms with Crippen LogP contribution in [0.5, 0.6) is 5.88 Å². The molecule has 0 spiro atoms. The largest absolute Gasteiger partial charge is 0.481 e. The number of hydrogen-bond donors (Lipinski definition) is 2. The van der Waals surface area contributed by atoms with Crippen LogP contribution >= 0.6 is 22.6 Å². The van der Waals surface area contributed by atoms with Gasteiger partial charge in [-0.15, -0.1) is 0 Å². The van der Waals surface area contributed by atoms with Crippen molar-refractivity contribution < 1.29 is 4.74 Å². The van der Waals surface area contributed by atoms with Gasteiger partial charge in [-0.1, -0.05) is 30.3 Å². The number of aromatic nitrogens is 1. The molecular formula is C18H22IN3O. The van der Waals surface area contributed by atoms with Crippen LogP contribution in [0.1, 0.15) is 30.0 Å². The lowest BCUT2D eigenvalue weighted by Crippen LogP contribution is -2.45. The number of piperidine rings is 1. The molecule has 2 atom stereocenters.